The quantitative estimate of drug-likeness (QED) is 0.0941. The summed E-state index contributed by atoms with van der Waals surface area (Å²) in [5.74, 6) is 1.29. The Morgan fingerprint density at radius 3 is 1.54 bits per heavy atom. The van der Waals surface area contributed by atoms with Gasteiger partial charge in [-0.2, -0.15) is 36.5 Å². The maximum atomic E-state index is 12.6. The molecule has 0 amide bonds. The van der Waals surface area contributed by atoms with E-state index in [0.717, 1.165) is 29.4 Å². The number of rotatable bonds is 8. The predicted molar refractivity (Wildman–Crippen MR) is 183 cm³/mol. The summed E-state index contributed by atoms with van der Waals surface area (Å²) in [7, 11) is 7.36. The van der Waals surface area contributed by atoms with Crippen molar-refractivity contribution in [1.29, 1.82) is 0 Å². The van der Waals surface area contributed by atoms with E-state index in [4.69, 9.17) is 15.8 Å². The zero-order valence-electron chi connectivity index (χ0n) is 26.7. The number of aliphatic hydroxyl groups excluding tert-OH is 1. The summed E-state index contributed by atoms with van der Waals surface area (Å²) in [4.78, 5) is 8.93. The van der Waals surface area contributed by atoms with Gasteiger partial charge >= 0.3 is 12.4 Å². The van der Waals surface area contributed by atoms with Gasteiger partial charge in [-0.05, 0) is 60.8 Å². The summed E-state index contributed by atoms with van der Waals surface area (Å²) in [5.41, 5.74) is 5.26. The molecule has 0 aromatic carbocycles. The summed E-state index contributed by atoms with van der Waals surface area (Å²) in [6.45, 7) is 0.535. The van der Waals surface area contributed by atoms with Crippen LogP contribution in [0.25, 0.3) is 11.3 Å². The summed E-state index contributed by atoms with van der Waals surface area (Å²) < 4.78 is 91.2. The normalized spacial score (nSPS) is 16.1. The van der Waals surface area contributed by atoms with Gasteiger partial charge in [0.15, 0.2) is 11.5 Å². The van der Waals surface area contributed by atoms with E-state index < -0.39 is 33.1 Å². The third-order valence-corrected chi connectivity index (χ3v) is 8.80. The van der Waals surface area contributed by atoms with Crippen LogP contribution in [0.5, 0.6) is 0 Å². The molecule has 2 aliphatic carbocycles. The molecule has 0 spiro atoms. The Labute approximate surface area is 308 Å². The van der Waals surface area contributed by atoms with Gasteiger partial charge in [0.2, 0.25) is 9.23 Å². The van der Waals surface area contributed by atoms with Crippen molar-refractivity contribution >= 4 is 53.5 Å². The van der Waals surface area contributed by atoms with Crippen LogP contribution in [0, 0.1) is 0 Å². The molecular formula is C32H29Cl3F6N8O2S. The molecule has 2 atom stereocenters. The van der Waals surface area contributed by atoms with Gasteiger partial charge in [-0.15, -0.1) is 11.6 Å². The first kappa shape index (κ1) is 38.1. The molecule has 0 radical (unpaired) electrons. The van der Waals surface area contributed by atoms with Gasteiger partial charge < -0.3 is 13.9 Å². The minimum atomic E-state index is -4.70. The fourth-order valence-corrected chi connectivity index (χ4v) is 5.62. The Balaban J connectivity index is 0.000000162. The molecule has 8 rings (SSSR count). The van der Waals surface area contributed by atoms with Crippen LogP contribution in [-0.4, -0.2) is 60.0 Å². The lowest BCUT2D eigenvalue weighted by molar-refractivity contribution is -0.206. The standard InChI is InChI=1S/C16H14ClF3N4.C16H15F3N4O.Cl2OS/c17-15(16(18,19)20)12-5-21-24(7-12)9-13-8-23-6-11(10-1-2-10)3-4-14(23)22-13;17-16(18,19)15(24)12-5-20-23(7-12)9-13-8-22-6-11(10-1-2-10)3-4-14(22)21-13;1-4(2)3/h3-8,10,15H,1-2,9H2;3-8,10,15,24H,1-2,9H2;. The highest BCUT2D eigenvalue weighted by molar-refractivity contribution is 8.26. The zero-order valence-corrected chi connectivity index (χ0v) is 29.8. The van der Waals surface area contributed by atoms with Gasteiger partial charge in [-0.3, -0.25) is 9.36 Å². The summed E-state index contributed by atoms with van der Waals surface area (Å²) in [5, 5.41) is 15.0. The van der Waals surface area contributed by atoms with E-state index in [0.29, 0.717) is 24.1 Å². The molecular weight excluding hydrogens is 781 g/mol. The van der Waals surface area contributed by atoms with Gasteiger partial charge in [0.1, 0.15) is 11.3 Å². The van der Waals surface area contributed by atoms with Crippen LogP contribution < -0.4 is 0 Å². The second kappa shape index (κ2) is 15.4. The number of halogens is 9. The topological polar surface area (TPSA) is 108 Å². The summed E-state index contributed by atoms with van der Waals surface area (Å²) >= 11 is 5.42. The summed E-state index contributed by atoms with van der Waals surface area (Å²) in [6.07, 6.45) is 5.68. The molecule has 52 heavy (non-hydrogen) atoms. The molecule has 0 bridgehead atoms. The lowest BCUT2D eigenvalue weighted by atomic mass is 10.2. The van der Waals surface area contributed by atoms with Crippen molar-refractivity contribution in [1.82, 2.24) is 38.3 Å². The van der Waals surface area contributed by atoms with E-state index in [1.165, 1.54) is 58.6 Å². The highest BCUT2D eigenvalue weighted by atomic mass is 36.0. The van der Waals surface area contributed by atoms with Crippen LogP contribution in [0.2, 0.25) is 0 Å². The maximum Gasteiger partial charge on any atom is 0.418 e. The SMILES string of the molecule is FC(F)(F)C(Cl)c1cnn(Cc2cn3cc(C4CC4)ccc3n2)c1.O=S(Cl)Cl.OC(c1cnn(Cc2cn3cc(C4CC4)ccc3n2)c1)C(F)(F)F. The van der Waals surface area contributed by atoms with Crippen LogP contribution in [0.3, 0.4) is 0 Å². The number of aromatic nitrogens is 8. The monoisotopic (exact) mass is 808 g/mol. The van der Waals surface area contributed by atoms with Gasteiger partial charge in [-0.1, -0.05) is 12.1 Å². The van der Waals surface area contributed by atoms with Gasteiger partial charge in [0, 0.05) is 69.7 Å². The van der Waals surface area contributed by atoms with Crippen LogP contribution in [0.15, 0.2) is 73.8 Å². The van der Waals surface area contributed by atoms with Crippen molar-refractivity contribution in [2.24, 2.45) is 0 Å². The molecule has 20 heteroatoms. The van der Waals surface area contributed by atoms with Crippen molar-refractivity contribution in [3.05, 3.63) is 107 Å². The Kier molecular flexibility index (Phi) is 11.3. The van der Waals surface area contributed by atoms with E-state index in [1.807, 2.05) is 39.5 Å². The highest BCUT2D eigenvalue weighted by Crippen LogP contribution is 2.41. The number of hydrogen-bond donors (Lipinski definition) is 1. The first-order valence-electron chi connectivity index (χ1n) is 15.7. The second-order valence-electron chi connectivity index (χ2n) is 12.4. The maximum absolute atomic E-state index is 12.6. The largest absolute Gasteiger partial charge is 0.418 e. The first-order chi connectivity index (χ1) is 24.5. The molecule has 0 aliphatic heterocycles. The molecule has 2 saturated carbocycles. The molecule has 278 valence electrons. The van der Waals surface area contributed by atoms with E-state index >= 15 is 0 Å². The van der Waals surface area contributed by atoms with E-state index in [9.17, 15) is 31.4 Å². The lowest BCUT2D eigenvalue weighted by Gasteiger charge is -2.11. The van der Waals surface area contributed by atoms with Crippen LogP contribution >= 0.6 is 33.0 Å². The molecule has 10 nitrogen and oxygen atoms in total. The molecule has 2 fully saturated rings. The number of imidazole rings is 2. The minimum Gasteiger partial charge on any atom is -0.379 e. The molecule has 6 aromatic heterocycles. The number of nitrogens with zero attached hydrogens (tertiary/aromatic N) is 8. The Morgan fingerprint density at radius 2 is 1.13 bits per heavy atom. The zero-order chi connectivity index (χ0) is 37.4. The van der Waals surface area contributed by atoms with Gasteiger partial charge in [0.05, 0.1) is 36.9 Å². The molecule has 0 saturated heterocycles. The van der Waals surface area contributed by atoms with E-state index in [-0.39, 0.29) is 17.7 Å². The molecule has 2 aliphatic rings. The number of alkyl halides is 7. The average molecular weight is 810 g/mol. The Morgan fingerprint density at radius 1 is 0.712 bits per heavy atom. The number of hydrogen-bond acceptors (Lipinski definition) is 6. The van der Waals surface area contributed by atoms with E-state index in [2.05, 4.69) is 59.9 Å². The summed E-state index contributed by atoms with van der Waals surface area (Å²) in [6, 6.07) is 8.05. The van der Waals surface area contributed by atoms with Gasteiger partial charge in [0.25, 0.3) is 0 Å². The van der Waals surface area contributed by atoms with Crippen molar-refractivity contribution < 1.29 is 35.7 Å². The second-order valence-corrected chi connectivity index (χ2v) is 15.4. The lowest BCUT2D eigenvalue weighted by Crippen LogP contribution is -2.19. The molecule has 6 heterocycles. The van der Waals surface area contributed by atoms with Crippen molar-refractivity contribution in [3.8, 4) is 0 Å². The Bertz CT molecular complexity index is 2020. The van der Waals surface area contributed by atoms with E-state index in [1.54, 1.807) is 0 Å². The van der Waals surface area contributed by atoms with Crippen LogP contribution in [0.4, 0.5) is 26.3 Å². The number of aliphatic hydroxyl groups is 1. The van der Waals surface area contributed by atoms with Crippen molar-refractivity contribution in [2.45, 2.75) is 74.4 Å². The first-order valence-corrected chi connectivity index (χ1v) is 19.0. The number of fused-ring (bicyclic) bond motifs is 2. The Hall–Kier alpha value is -3.64. The fraction of sp³-hybridized carbons (Fsp3) is 0.375. The minimum absolute atomic E-state index is 0.0658. The third-order valence-electron chi connectivity index (χ3n) is 8.31. The molecule has 1 N–H and O–H groups in total. The number of pyridine rings is 2. The highest BCUT2D eigenvalue weighted by Gasteiger charge is 2.41. The van der Waals surface area contributed by atoms with Crippen LogP contribution in [-0.2, 0) is 22.3 Å². The fourth-order valence-electron chi connectivity index (χ4n) is 5.51. The van der Waals surface area contributed by atoms with Crippen LogP contribution in [0.1, 0.15) is 82.6 Å². The van der Waals surface area contributed by atoms with Crippen molar-refractivity contribution in [3.63, 3.8) is 0 Å². The molecule has 2 unspecified atom stereocenters. The average Bonchev–Trinajstić information content (AvgIpc) is 3.91. The smallest absolute Gasteiger partial charge is 0.379 e. The predicted octanol–water partition coefficient (Wildman–Crippen LogP) is 8.39. The van der Waals surface area contributed by atoms with Gasteiger partial charge in [-0.25, -0.2) is 14.2 Å². The third kappa shape index (κ3) is 9.86. The van der Waals surface area contributed by atoms with Crippen molar-refractivity contribution in [2.75, 3.05) is 0 Å². The molecule has 6 aromatic rings.